The van der Waals surface area contributed by atoms with Crippen LogP contribution in [0.3, 0.4) is 0 Å². The zero-order valence-corrected chi connectivity index (χ0v) is 11.6. The van der Waals surface area contributed by atoms with Gasteiger partial charge in [-0.05, 0) is 0 Å². The Hall–Kier alpha value is -2.18. The van der Waals surface area contributed by atoms with Gasteiger partial charge in [-0.3, -0.25) is 9.78 Å². The average molecular weight is 326 g/mol. The van der Waals surface area contributed by atoms with Crippen LogP contribution in [0.1, 0.15) is 6.23 Å². The van der Waals surface area contributed by atoms with Crippen molar-refractivity contribution in [2.45, 2.75) is 30.6 Å². The van der Waals surface area contributed by atoms with Crippen molar-refractivity contribution in [2.75, 3.05) is 6.61 Å². The van der Waals surface area contributed by atoms with Crippen molar-refractivity contribution in [3.8, 4) is 0 Å². The number of H-pyrrole nitrogens is 1. The molecule has 1 fully saturated rings. The van der Waals surface area contributed by atoms with Gasteiger partial charge in [0.2, 0.25) is 0 Å². The Labute approximate surface area is 127 Å². The molecule has 0 spiro atoms. The molecule has 11 heteroatoms. The third-order valence-electron chi connectivity index (χ3n) is 3.68. The standard InChI is InChI=1S/C12H14N4O7/c17-3-4-6(18)7(19)8(20)11(23-4)16-9-5(13-1-2-14-9)10(21)15-12(16)22/h1-2,4,6-8,11,17-20H,3H2,(H,15,21,22). The maximum Gasteiger partial charge on any atom is 0.332 e. The molecule has 5 atom stereocenters. The van der Waals surface area contributed by atoms with Gasteiger partial charge in [-0.2, -0.15) is 0 Å². The lowest BCUT2D eigenvalue weighted by Gasteiger charge is -2.40. The topological polar surface area (TPSA) is 171 Å². The highest BCUT2D eigenvalue weighted by molar-refractivity contribution is 5.67. The van der Waals surface area contributed by atoms with E-state index in [9.17, 15) is 30.0 Å². The van der Waals surface area contributed by atoms with Gasteiger partial charge >= 0.3 is 5.69 Å². The van der Waals surface area contributed by atoms with Gasteiger partial charge in [-0.25, -0.2) is 19.3 Å². The number of nitrogens with one attached hydrogen (secondary N) is 1. The number of aromatic amines is 1. The molecule has 0 radical (unpaired) electrons. The number of rotatable bonds is 2. The van der Waals surface area contributed by atoms with Gasteiger partial charge in [0.15, 0.2) is 17.4 Å². The van der Waals surface area contributed by atoms with Crippen LogP contribution in [0.5, 0.6) is 0 Å². The van der Waals surface area contributed by atoms with Crippen molar-refractivity contribution in [2.24, 2.45) is 0 Å². The highest BCUT2D eigenvalue weighted by Gasteiger charge is 2.45. The highest BCUT2D eigenvalue weighted by atomic mass is 16.6. The van der Waals surface area contributed by atoms with Crippen LogP contribution >= 0.6 is 0 Å². The van der Waals surface area contributed by atoms with Crippen molar-refractivity contribution >= 4 is 11.2 Å². The Morgan fingerprint density at radius 3 is 2.52 bits per heavy atom. The van der Waals surface area contributed by atoms with E-state index in [1.165, 1.54) is 12.4 Å². The molecule has 5 N–H and O–H groups in total. The summed E-state index contributed by atoms with van der Waals surface area (Å²) in [5.74, 6) is 0. The molecule has 0 saturated carbocycles. The fraction of sp³-hybridized carbons (Fsp3) is 0.500. The molecule has 2 aromatic rings. The molecular weight excluding hydrogens is 312 g/mol. The molecule has 3 heterocycles. The summed E-state index contributed by atoms with van der Waals surface area (Å²) >= 11 is 0. The molecule has 1 saturated heterocycles. The Morgan fingerprint density at radius 1 is 1.13 bits per heavy atom. The summed E-state index contributed by atoms with van der Waals surface area (Å²) in [4.78, 5) is 33.6. The first-order chi connectivity index (χ1) is 11.0. The fourth-order valence-corrected chi connectivity index (χ4v) is 2.51. The summed E-state index contributed by atoms with van der Waals surface area (Å²) in [6.45, 7) is -0.650. The van der Waals surface area contributed by atoms with E-state index in [0.717, 1.165) is 4.57 Å². The second-order valence-corrected chi connectivity index (χ2v) is 5.08. The van der Waals surface area contributed by atoms with Gasteiger partial charge in [-0.15, -0.1) is 0 Å². The molecule has 3 rings (SSSR count). The predicted molar refractivity (Wildman–Crippen MR) is 73.4 cm³/mol. The molecule has 0 aliphatic carbocycles. The first kappa shape index (κ1) is 15.7. The van der Waals surface area contributed by atoms with Crippen molar-refractivity contribution in [1.29, 1.82) is 0 Å². The van der Waals surface area contributed by atoms with Crippen LogP contribution in [0.15, 0.2) is 22.0 Å². The number of hydrogen-bond acceptors (Lipinski definition) is 9. The van der Waals surface area contributed by atoms with Crippen LogP contribution in [-0.2, 0) is 4.74 Å². The smallest absolute Gasteiger partial charge is 0.332 e. The molecule has 0 aromatic carbocycles. The minimum absolute atomic E-state index is 0.162. The summed E-state index contributed by atoms with van der Waals surface area (Å²) in [5, 5.41) is 38.9. The third-order valence-corrected chi connectivity index (χ3v) is 3.68. The molecule has 1 aliphatic heterocycles. The Kier molecular flexibility index (Phi) is 3.95. The quantitative estimate of drug-likeness (QED) is 0.375. The third kappa shape index (κ3) is 2.44. The first-order valence-electron chi connectivity index (χ1n) is 6.71. The minimum atomic E-state index is -1.69. The lowest BCUT2D eigenvalue weighted by Crippen LogP contribution is -2.58. The minimum Gasteiger partial charge on any atom is -0.394 e. The van der Waals surface area contributed by atoms with E-state index in [-0.39, 0.29) is 11.2 Å². The van der Waals surface area contributed by atoms with Crippen LogP contribution in [-0.4, -0.2) is 71.0 Å². The van der Waals surface area contributed by atoms with Gasteiger partial charge < -0.3 is 25.2 Å². The Balaban J connectivity index is 2.20. The largest absolute Gasteiger partial charge is 0.394 e. The molecule has 5 unspecified atom stereocenters. The summed E-state index contributed by atoms with van der Waals surface area (Å²) in [5.41, 5.74) is -2.03. The molecule has 2 aromatic heterocycles. The summed E-state index contributed by atoms with van der Waals surface area (Å²) < 4.78 is 6.12. The monoisotopic (exact) mass is 326 g/mol. The Morgan fingerprint density at radius 2 is 1.83 bits per heavy atom. The second-order valence-electron chi connectivity index (χ2n) is 5.08. The average Bonchev–Trinajstić information content (AvgIpc) is 2.54. The van der Waals surface area contributed by atoms with Gasteiger partial charge in [-0.1, -0.05) is 0 Å². The van der Waals surface area contributed by atoms with Crippen molar-refractivity contribution in [1.82, 2.24) is 19.5 Å². The molecular formula is C12H14N4O7. The van der Waals surface area contributed by atoms with Gasteiger partial charge in [0, 0.05) is 12.4 Å². The molecule has 1 aliphatic rings. The second kappa shape index (κ2) is 5.79. The number of ether oxygens (including phenoxy) is 1. The maximum absolute atomic E-state index is 12.1. The summed E-state index contributed by atoms with van der Waals surface area (Å²) in [6.07, 6.45) is -5.13. The van der Waals surface area contributed by atoms with Crippen LogP contribution in [0.2, 0.25) is 0 Å². The predicted octanol–water partition coefficient (Wildman–Crippen LogP) is -3.55. The van der Waals surface area contributed by atoms with Crippen LogP contribution in [0.25, 0.3) is 11.2 Å². The van der Waals surface area contributed by atoms with E-state index < -0.39 is 48.5 Å². The molecule has 0 bridgehead atoms. The molecule has 0 amide bonds. The van der Waals surface area contributed by atoms with E-state index in [0.29, 0.717) is 0 Å². The number of aliphatic hydroxyl groups excluding tert-OH is 4. The van der Waals surface area contributed by atoms with E-state index >= 15 is 0 Å². The SMILES string of the molecule is O=c1[nH]c(=O)n(C2OC(CO)C(O)C(O)C2O)c2nccnc12. The maximum atomic E-state index is 12.1. The zero-order chi connectivity index (χ0) is 16.7. The van der Waals surface area contributed by atoms with Gasteiger partial charge in [0.1, 0.15) is 24.4 Å². The zero-order valence-electron chi connectivity index (χ0n) is 11.6. The summed E-state index contributed by atoms with van der Waals surface area (Å²) in [7, 11) is 0. The fourth-order valence-electron chi connectivity index (χ4n) is 2.51. The van der Waals surface area contributed by atoms with Crippen molar-refractivity contribution in [3.63, 3.8) is 0 Å². The lowest BCUT2D eigenvalue weighted by atomic mass is 9.98. The lowest BCUT2D eigenvalue weighted by molar-refractivity contribution is -0.251. The summed E-state index contributed by atoms with van der Waals surface area (Å²) in [6, 6.07) is 0. The van der Waals surface area contributed by atoms with Gasteiger partial charge in [0.05, 0.1) is 6.61 Å². The van der Waals surface area contributed by atoms with E-state index in [1.54, 1.807) is 0 Å². The number of nitrogens with zero attached hydrogens (tertiary/aromatic N) is 3. The number of fused-ring (bicyclic) bond motifs is 1. The van der Waals surface area contributed by atoms with Crippen molar-refractivity contribution in [3.05, 3.63) is 33.2 Å². The highest BCUT2D eigenvalue weighted by Crippen LogP contribution is 2.28. The number of hydrogen-bond donors (Lipinski definition) is 5. The van der Waals surface area contributed by atoms with E-state index in [4.69, 9.17) is 4.74 Å². The van der Waals surface area contributed by atoms with E-state index in [2.05, 4.69) is 9.97 Å². The normalized spacial score (nSPS) is 31.4. The van der Waals surface area contributed by atoms with E-state index in [1.807, 2.05) is 4.98 Å². The number of aromatic nitrogens is 4. The molecule has 124 valence electrons. The number of aliphatic hydroxyl groups is 4. The van der Waals surface area contributed by atoms with Crippen LogP contribution < -0.4 is 11.2 Å². The Bertz CT molecular complexity index is 832. The first-order valence-corrected chi connectivity index (χ1v) is 6.71. The van der Waals surface area contributed by atoms with Crippen LogP contribution in [0.4, 0.5) is 0 Å². The van der Waals surface area contributed by atoms with Crippen LogP contribution in [0, 0.1) is 0 Å². The molecule has 23 heavy (non-hydrogen) atoms. The molecule has 11 nitrogen and oxygen atoms in total. The van der Waals surface area contributed by atoms with Crippen molar-refractivity contribution < 1.29 is 25.2 Å². The van der Waals surface area contributed by atoms with Gasteiger partial charge in [0.25, 0.3) is 5.56 Å².